The van der Waals surface area contributed by atoms with Gasteiger partial charge in [0.15, 0.2) is 5.84 Å². The van der Waals surface area contributed by atoms with Crippen LogP contribution in [0.4, 0.5) is 0 Å². The fourth-order valence-electron chi connectivity index (χ4n) is 5.80. The zero-order valence-electron chi connectivity index (χ0n) is 27.9. The van der Waals surface area contributed by atoms with Crippen molar-refractivity contribution in [2.45, 2.75) is 45.8 Å². The molecule has 0 saturated carbocycles. The minimum atomic E-state index is -0.565. The smallest absolute Gasteiger partial charge is 0.399 e. The maximum atomic E-state index is 6.53. The number of rotatable bonds is 6. The molecule has 0 radical (unpaired) electrons. The van der Waals surface area contributed by atoms with Crippen LogP contribution in [0.2, 0.25) is 0 Å². The highest BCUT2D eigenvalue weighted by Gasteiger charge is 2.51. The molecule has 4 aromatic carbocycles. The van der Waals surface area contributed by atoms with Crippen LogP contribution < -0.4 is 5.46 Å². The van der Waals surface area contributed by atoms with Crippen LogP contribution in [-0.4, -0.2) is 39.8 Å². The van der Waals surface area contributed by atoms with Crippen molar-refractivity contribution in [2.24, 2.45) is 9.98 Å². The first-order valence-electron chi connectivity index (χ1n) is 16.2. The number of pyridine rings is 2. The molecule has 7 heteroatoms. The fraction of sp³-hybridized carbons (Fsp3) is 0.171. The minimum absolute atomic E-state index is 0.492. The Morgan fingerprint density at radius 1 is 0.667 bits per heavy atom. The van der Waals surface area contributed by atoms with E-state index in [4.69, 9.17) is 24.3 Å². The molecule has 6 nitrogen and oxygen atoms in total. The van der Waals surface area contributed by atoms with Crippen LogP contribution in [0.1, 0.15) is 51.3 Å². The summed E-state index contributed by atoms with van der Waals surface area (Å²) in [6, 6.07) is 38.6. The van der Waals surface area contributed by atoms with Crippen LogP contribution in [0, 0.1) is 0 Å². The van der Waals surface area contributed by atoms with E-state index in [1.807, 2.05) is 79.9 Å². The number of amidine groups is 1. The van der Waals surface area contributed by atoms with Crippen LogP contribution in [0.15, 0.2) is 138 Å². The van der Waals surface area contributed by atoms with Crippen LogP contribution >= 0.6 is 0 Å². The van der Waals surface area contributed by atoms with Crippen molar-refractivity contribution in [1.82, 2.24) is 9.97 Å². The normalized spacial score (nSPS) is 16.1. The molecule has 3 heterocycles. The zero-order valence-corrected chi connectivity index (χ0v) is 27.9. The van der Waals surface area contributed by atoms with E-state index in [9.17, 15) is 0 Å². The van der Waals surface area contributed by atoms with Gasteiger partial charge in [0, 0.05) is 33.8 Å². The lowest BCUT2D eigenvalue weighted by Gasteiger charge is -2.32. The van der Waals surface area contributed by atoms with E-state index in [2.05, 4.69) is 87.8 Å². The molecular formula is C41H37BN4O2. The van der Waals surface area contributed by atoms with Gasteiger partial charge in [-0.1, -0.05) is 104 Å². The summed E-state index contributed by atoms with van der Waals surface area (Å²) < 4.78 is 13.1. The van der Waals surface area contributed by atoms with Gasteiger partial charge in [0.25, 0.3) is 0 Å². The van der Waals surface area contributed by atoms with Crippen molar-refractivity contribution < 1.29 is 9.31 Å². The highest BCUT2D eigenvalue weighted by molar-refractivity contribution is 6.62. The van der Waals surface area contributed by atoms with Gasteiger partial charge >= 0.3 is 7.12 Å². The quantitative estimate of drug-likeness (QED) is 0.0801. The molecule has 48 heavy (non-hydrogen) atoms. The highest BCUT2D eigenvalue weighted by atomic mass is 16.7. The summed E-state index contributed by atoms with van der Waals surface area (Å²) in [6.07, 6.45) is 1.81. The molecule has 0 unspecified atom stereocenters. The van der Waals surface area contributed by atoms with Gasteiger partial charge in [-0.05, 0) is 69.4 Å². The standard InChI is InChI=1S/C41H37BN4O2/c1-27(29-14-9-7-10-15-29)44-39(32-16-11-8-12-17-32)45-28(2)33-24-34(26-35(25-33)42-47-40(3,4)41(5,6)48-42)36-22-21-31-20-19-30-18-13-23-43-37(30)38(31)46-36/h7-26H,1H2,2-6H3. The van der Waals surface area contributed by atoms with Gasteiger partial charge in [-0.25, -0.2) is 15.0 Å². The molecule has 1 fully saturated rings. The Labute approximate surface area is 282 Å². The molecule has 0 bridgehead atoms. The van der Waals surface area contributed by atoms with E-state index in [0.29, 0.717) is 11.5 Å². The Morgan fingerprint density at radius 2 is 1.29 bits per heavy atom. The molecule has 0 N–H and O–H groups in total. The topological polar surface area (TPSA) is 69.0 Å². The second-order valence-electron chi connectivity index (χ2n) is 13.2. The van der Waals surface area contributed by atoms with Gasteiger partial charge in [0.2, 0.25) is 0 Å². The predicted molar refractivity (Wildman–Crippen MR) is 199 cm³/mol. The summed E-state index contributed by atoms with van der Waals surface area (Å²) in [4.78, 5) is 19.9. The number of aliphatic imine (C=N–C) groups is 2. The molecule has 1 aliphatic rings. The van der Waals surface area contributed by atoms with E-state index in [-0.39, 0.29) is 0 Å². The summed E-state index contributed by atoms with van der Waals surface area (Å²) in [6.45, 7) is 14.5. The summed E-state index contributed by atoms with van der Waals surface area (Å²) in [5.41, 5.74) is 7.54. The average molecular weight is 629 g/mol. The Hall–Kier alpha value is -5.24. The van der Waals surface area contributed by atoms with Gasteiger partial charge in [-0.3, -0.25) is 4.98 Å². The SMILES string of the molecule is C=C(N=C(N=C(C)c1cc(B2OC(C)(C)C(C)(C)O2)cc(-c2ccc3ccc4cccnc4c3n2)c1)c1ccccc1)c1ccccc1. The first-order valence-corrected chi connectivity index (χ1v) is 16.2. The molecular weight excluding hydrogens is 591 g/mol. The maximum absolute atomic E-state index is 6.53. The molecule has 0 amide bonds. The average Bonchev–Trinajstić information content (AvgIpc) is 3.34. The van der Waals surface area contributed by atoms with Crippen molar-refractivity contribution in [3.63, 3.8) is 0 Å². The Kier molecular flexibility index (Phi) is 8.11. The van der Waals surface area contributed by atoms with Crippen LogP contribution in [0.5, 0.6) is 0 Å². The van der Waals surface area contributed by atoms with Gasteiger partial charge in [0.05, 0.1) is 33.6 Å². The lowest BCUT2D eigenvalue weighted by Crippen LogP contribution is -2.41. The van der Waals surface area contributed by atoms with E-state index < -0.39 is 18.3 Å². The molecule has 0 aliphatic carbocycles. The van der Waals surface area contributed by atoms with Gasteiger partial charge in [-0.2, -0.15) is 0 Å². The number of benzene rings is 4. The summed E-state index contributed by atoms with van der Waals surface area (Å²) in [5, 5.41) is 2.08. The second kappa shape index (κ2) is 12.4. The fourth-order valence-corrected chi connectivity index (χ4v) is 5.80. The molecule has 7 rings (SSSR count). The first-order chi connectivity index (χ1) is 23.1. The predicted octanol–water partition coefficient (Wildman–Crippen LogP) is 8.68. The highest BCUT2D eigenvalue weighted by Crippen LogP contribution is 2.37. The third-order valence-electron chi connectivity index (χ3n) is 9.28. The third kappa shape index (κ3) is 6.10. The first kappa shape index (κ1) is 31.4. The van der Waals surface area contributed by atoms with Crippen molar-refractivity contribution in [3.05, 3.63) is 145 Å². The molecule has 236 valence electrons. The maximum Gasteiger partial charge on any atom is 0.494 e. The number of hydrogen-bond acceptors (Lipinski definition) is 5. The van der Waals surface area contributed by atoms with Gasteiger partial charge in [-0.15, -0.1) is 0 Å². The molecule has 2 aromatic heterocycles. The third-order valence-corrected chi connectivity index (χ3v) is 9.28. The largest absolute Gasteiger partial charge is 0.494 e. The summed E-state index contributed by atoms with van der Waals surface area (Å²) in [7, 11) is -0.565. The second-order valence-corrected chi connectivity index (χ2v) is 13.2. The van der Waals surface area contributed by atoms with Crippen LogP contribution in [-0.2, 0) is 9.31 Å². The van der Waals surface area contributed by atoms with Crippen molar-refractivity contribution >= 4 is 51.6 Å². The molecule has 1 aliphatic heterocycles. The minimum Gasteiger partial charge on any atom is -0.399 e. The molecule has 1 saturated heterocycles. The Balaban J connectivity index is 1.38. The van der Waals surface area contributed by atoms with E-state index >= 15 is 0 Å². The van der Waals surface area contributed by atoms with Gasteiger partial charge < -0.3 is 9.31 Å². The molecule has 0 spiro atoms. The Morgan fingerprint density at radius 3 is 1.98 bits per heavy atom. The molecule has 0 atom stereocenters. The van der Waals surface area contributed by atoms with Crippen molar-refractivity contribution in [1.29, 1.82) is 0 Å². The lowest BCUT2D eigenvalue weighted by molar-refractivity contribution is 0.00578. The van der Waals surface area contributed by atoms with Crippen molar-refractivity contribution in [3.8, 4) is 11.3 Å². The molecule has 6 aromatic rings. The number of aromatic nitrogens is 2. The van der Waals surface area contributed by atoms with Crippen LogP contribution in [0.25, 0.3) is 38.8 Å². The van der Waals surface area contributed by atoms with E-state index in [1.54, 1.807) is 0 Å². The monoisotopic (exact) mass is 628 g/mol. The zero-order chi connectivity index (χ0) is 33.5. The van der Waals surface area contributed by atoms with E-state index in [1.165, 1.54) is 0 Å². The van der Waals surface area contributed by atoms with Crippen molar-refractivity contribution in [2.75, 3.05) is 0 Å². The Bertz CT molecular complexity index is 2210. The summed E-state index contributed by atoms with van der Waals surface area (Å²) in [5.74, 6) is 0.575. The van der Waals surface area contributed by atoms with E-state index in [0.717, 1.165) is 60.9 Å². The number of nitrogens with zero attached hydrogens (tertiary/aromatic N) is 4. The summed E-state index contributed by atoms with van der Waals surface area (Å²) >= 11 is 0. The lowest BCUT2D eigenvalue weighted by atomic mass is 9.77. The number of fused-ring (bicyclic) bond motifs is 3. The number of hydrogen-bond donors (Lipinski definition) is 0. The van der Waals surface area contributed by atoms with Crippen LogP contribution in [0.3, 0.4) is 0 Å². The van der Waals surface area contributed by atoms with Gasteiger partial charge in [0.1, 0.15) is 0 Å².